The van der Waals surface area contributed by atoms with E-state index in [1.807, 2.05) is 50.2 Å². The van der Waals surface area contributed by atoms with Gasteiger partial charge >= 0.3 is 0 Å². The first-order valence-corrected chi connectivity index (χ1v) is 7.32. The SMILES string of the molecule is Cc1cc(Cl)ccc1OCCCOc1cc(N)ccc1C. The summed E-state index contributed by atoms with van der Waals surface area (Å²) in [5.74, 6) is 1.69. The molecule has 0 atom stereocenters. The third kappa shape index (κ3) is 4.57. The quantitative estimate of drug-likeness (QED) is 0.636. The van der Waals surface area contributed by atoms with E-state index in [0.29, 0.717) is 18.9 Å². The van der Waals surface area contributed by atoms with E-state index < -0.39 is 0 Å². The average Bonchev–Trinajstić information content (AvgIpc) is 2.44. The van der Waals surface area contributed by atoms with Crippen LogP contribution in [0.2, 0.25) is 5.02 Å². The van der Waals surface area contributed by atoms with Gasteiger partial charge in [0.2, 0.25) is 0 Å². The van der Waals surface area contributed by atoms with Gasteiger partial charge in [0.05, 0.1) is 13.2 Å². The summed E-state index contributed by atoms with van der Waals surface area (Å²) in [6.07, 6.45) is 0.802. The van der Waals surface area contributed by atoms with Crippen LogP contribution in [-0.2, 0) is 0 Å². The highest BCUT2D eigenvalue weighted by Gasteiger charge is 2.02. The first kappa shape index (κ1) is 15.5. The lowest BCUT2D eigenvalue weighted by atomic mass is 10.2. The van der Waals surface area contributed by atoms with Gasteiger partial charge in [0.15, 0.2) is 0 Å². The van der Waals surface area contributed by atoms with E-state index in [1.54, 1.807) is 0 Å². The molecule has 0 saturated heterocycles. The average molecular weight is 306 g/mol. The van der Waals surface area contributed by atoms with Gasteiger partial charge in [-0.25, -0.2) is 0 Å². The number of halogens is 1. The summed E-state index contributed by atoms with van der Waals surface area (Å²) in [7, 11) is 0. The molecular formula is C17H20ClNO2. The van der Waals surface area contributed by atoms with Crippen molar-refractivity contribution in [2.24, 2.45) is 0 Å². The van der Waals surface area contributed by atoms with Crippen LogP contribution >= 0.6 is 11.6 Å². The van der Waals surface area contributed by atoms with Gasteiger partial charge in [-0.3, -0.25) is 0 Å². The first-order valence-electron chi connectivity index (χ1n) is 6.94. The summed E-state index contributed by atoms with van der Waals surface area (Å²) >= 11 is 5.91. The second-order valence-electron chi connectivity index (χ2n) is 4.99. The highest BCUT2D eigenvalue weighted by atomic mass is 35.5. The normalized spacial score (nSPS) is 10.4. The fourth-order valence-corrected chi connectivity index (χ4v) is 2.20. The van der Waals surface area contributed by atoms with Gasteiger partial charge in [-0.2, -0.15) is 0 Å². The topological polar surface area (TPSA) is 44.5 Å². The maximum Gasteiger partial charge on any atom is 0.124 e. The molecule has 0 aliphatic heterocycles. The molecule has 0 unspecified atom stereocenters. The minimum atomic E-state index is 0.594. The molecule has 0 aromatic heterocycles. The van der Waals surface area contributed by atoms with E-state index in [2.05, 4.69) is 0 Å². The third-order valence-corrected chi connectivity index (χ3v) is 3.39. The van der Waals surface area contributed by atoms with Crippen molar-refractivity contribution in [1.82, 2.24) is 0 Å². The Labute approximate surface area is 130 Å². The number of rotatable bonds is 6. The Balaban J connectivity index is 1.76. The van der Waals surface area contributed by atoms with E-state index in [0.717, 1.165) is 34.1 Å². The highest BCUT2D eigenvalue weighted by molar-refractivity contribution is 6.30. The molecule has 0 heterocycles. The lowest BCUT2D eigenvalue weighted by molar-refractivity contribution is 0.246. The molecule has 0 fully saturated rings. The summed E-state index contributed by atoms with van der Waals surface area (Å²) < 4.78 is 11.4. The molecule has 0 radical (unpaired) electrons. The molecule has 0 aliphatic rings. The largest absolute Gasteiger partial charge is 0.493 e. The molecule has 0 aliphatic carbocycles. The Hall–Kier alpha value is -1.87. The van der Waals surface area contributed by atoms with Crippen molar-refractivity contribution in [2.45, 2.75) is 20.3 Å². The number of hydrogen-bond donors (Lipinski definition) is 1. The fourth-order valence-electron chi connectivity index (χ4n) is 1.97. The lowest BCUT2D eigenvalue weighted by Gasteiger charge is -2.11. The molecule has 3 nitrogen and oxygen atoms in total. The molecule has 2 N–H and O–H groups in total. The van der Waals surface area contributed by atoms with Gasteiger partial charge in [0.1, 0.15) is 11.5 Å². The number of ether oxygens (including phenoxy) is 2. The molecular weight excluding hydrogens is 286 g/mol. The third-order valence-electron chi connectivity index (χ3n) is 3.15. The molecule has 0 saturated carbocycles. The predicted molar refractivity (Wildman–Crippen MR) is 87.4 cm³/mol. The van der Waals surface area contributed by atoms with E-state index in [1.165, 1.54) is 0 Å². The van der Waals surface area contributed by atoms with Crippen LogP contribution in [0.4, 0.5) is 5.69 Å². The van der Waals surface area contributed by atoms with Gasteiger partial charge in [-0.15, -0.1) is 0 Å². The van der Waals surface area contributed by atoms with Crippen LogP contribution in [0.15, 0.2) is 36.4 Å². The molecule has 0 amide bonds. The van der Waals surface area contributed by atoms with Crippen molar-refractivity contribution in [3.63, 3.8) is 0 Å². The standard InChI is InChI=1S/C17H20ClNO2/c1-12-4-6-15(19)11-17(12)21-9-3-8-20-16-7-5-14(18)10-13(16)2/h4-7,10-11H,3,8-9,19H2,1-2H3. The van der Waals surface area contributed by atoms with E-state index >= 15 is 0 Å². The zero-order chi connectivity index (χ0) is 15.2. The van der Waals surface area contributed by atoms with Crippen LogP contribution in [0.3, 0.4) is 0 Å². The lowest BCUT2D eigenvalue weighted by Crippen LogP contribution is -2.06. The molecule has 4 heteroatoms. The van der Waals surface area contributed by atoms with Crippen LogP contribution in [0.25, 0.3) is 0 Å². The van der Waals surface area contributed by atoms with Gasteiger partial charge in [-0.05, 0) is 49.2 Å². The van der Waals surface area contributed by atoms with E-state index in [4.69, 9.17) is 26.8 Å². The minimum Gasteiger partial charge on any atom is -0.493 e. The molecule has 2 aromatic rings. The molecule has 2 aromatic carbocycles. The zero-order valence-electron chi connectivity index (χ0n) is 12.4. The second-order valence-corrected chi connectivity index (χ2v) is 5.42. The van der Waals surface area contributed by atoms with Crippen molar-refractivity contribution in [1.29, 1.82) is 0 Å². The number of nitrogen functional groups attached to an aromatic ring is 1. The molecule has 2 rings (SSSR count). The maximum atomic E-state index is 5.91. The number of nitrogens with two attached hydrogens (primary N) is 1. The number of hydrogen-bond acceptors (Lipinski definition) is 3. The Morgan fingerprint density at radius 2 is 1.62 bits per heavy atom. The summed E-state index contributed by atoms with van der Waals surface area (Å²) in [5.41, 5.74) is 8.58. The Morgan fingerprint density at radius 1 is 0.905 bits per heavy atom. The van der Waals surface area contributed by atoms with Crippen LogP contribution in [0.1, 0.15) is 17.5 Å². The zero-order valence-corrected chi connectivity index (χ0v) is 13.1. The minimum absolute atomic E-state index is 0.594. The van der Waals surface area contributed by atoms with Crippen molar-refractivity contribution in [3.8, 4) is 11.5 Å². The molecule has 0 bridgehead atoms. The van der Waals surface area contributed by atoms with Crippen LogP contribution in [0.5, 0.6) is 11.5 Å². The van der Waals surface area contributed by atoms with Crippen LogP contribution in [-0.4, -0.2) is 13.2 Å². The molecule has 112 valence electrons. The monoisotopic (exact) mass is 305 g/mol. The number of aryl methyl sites for hydroxylation is 2. The van der Waals surface area contributed by atoms with Crippen molar-refractivity contribution >= 4 is 17.3 Å². The molecule has 0 spiro atoms. The maximum absolute atomic E-state index is 5.91. The Morgan fingerprint density at radius 3 is 2.33 bits per heavy atom. The summed E-state index contributed by atoms with van der Waals surface area (Å²) in [6, 6.07) is 11.3. The van der Waals surface area contributed by atoms with Crippen molar-refractivity contribution in [3.05, 3.63) is 52.5 Å². The van der Waals surface area contributed by atoms with Gasteiger partial charge < -0.3 is 15.2 Å². The second kappa shape index (κ2) is 7.23. The van der Waals surface area contributed by atoms with Crippen molar-refractivity contribution in [2.75, 3.05) is 18.9 Å². The van der Waals surface area contributed by atoms with Gasteiger partial charge in [-0.1, -0.05) is 17.7 Å². The summed E-state index contributed by atoms with van der Waals surface area (Å²) in [6.45, 7) is 5.18. The Bertz CT molecular complexity index is 614. The highest BCUT2D eigenvalue weighted by Crippen LogP contribution is 2.22. The van der Waals surface area contributed by atoms with Crippen molar-refractivity contribution < 1.29 is 9.47 Å². The predicted octanol–water partition coefficient (Wildman–Crippen LogP) is 4.39. The Kier molecular flexibility index (Phi) is 5.34. The smallest absolute Gasteiger partial charge is 0.124 e. The number of anilines is 1. The number of benzene rings is 2. The van der Waals surface area contributed by atoms with E-state index in [9.17, 15) is 0 Å². The van der Waals surface area contributed by atoms with Gasteiger partial charge in [0, 0.05) is 23.2 Å². The van der Waals surface area contributed by atoms with Crippen LogP contribution in [0, 0.1) is 13.8 Å². The van der Waals surface area contributed by atoms with Gasteiger partial charge in [0.25, 0.3) is 0 Å². The van der Waals surface area contributed by atoms with E-state index in [-0.39, 0.29) is 0 Å². The summed E-state index contributed by atoms with van der Waals surface area (Å²) in [4.78, 5) is 0. The fraction of sp³-hybridized carbons (Fsp3) is 0.294. The first-order chi connectivity index (χ1) is 10.1. The molecule has 21 heavy (non-hydrogen) atoms. The summed E-state index contributed by atoms with van der Waals surface area (Å²) in [5, 5.41) is 0.723. The van der Waals surface area contributed by atoms with Crippen LogP contribution < -0.4 is 15.2 Å².